The van der Waals surface area contributed by atoms with Crippen LogP contribution in [0.2, 0.25) is 0 Å². The molecule has 0 aliphatic heterocycles. The van der Waals surface area contributed by atoms with E-state index < -0.39 is 35.4 Å². The maximum atomic E-state index is 12.0. The number of carbonyl (C=O) groups is 4. The fourth-order valence-electron chi connectivity index (χ4n) is 5.80. The van der Waals surface area contributed by atoms with Crippen LogP contribution in [0, 0.1) is 19.8 Å². The molecule has 18 heteroatoms. The second-order valence-electron chi connectivity index (χ2n) is 13.8. The Balaban J connectivity index is 1.32. The van der Waals surface area contributed by atoms with E-state index in [0.29, 0.717) is 56.7 Å². The van der Waals surface area contributed by atoms with Gasteiger partial charge in [0.2, 0.25) is 11.9 Å². The van der Waals surface area contributed by atoms with E-state index in [-0.39, 0.29) is 11.9 Å². The van der Waals surface area contributed by atoms with Crippen molar-refractivity contribution in [2.45, 2.75) is 124 Å². The Morgan fingerprint density at radius 3 is 1.36 bits per heavy atom. The zero-order valence-electron chi connectivity index (χ0n) is 33.4. The van der Waals surface area contributed by atoms with Crippen molar-refractivity contribution in [2.24, 2.45) is 5.92 Å². The normalized spacial score (nSPS) is 11.3. The molecule has 0 spiro atoms. The van der Waals surface area contributed by atoms with E-state index in [4.69, 9.17) is 9.47 Å². The molecule has 2 aromatic heterocycles. The number of aromatic nitrogens is 4. The van der Waals surface area contributed by atoms with Crippen molar-refractivity contribution < 1.29 is 28.7 Å². The van der Waals surface area contributed by atoms with Crippen LogP contribution in [0.15, 0.2) is 21.7 Å². The summed E-state index contributed by atoms with van der Waals surface area (Å²) in [6, 6.07) is 1.84. The number of unbranched alkanes of at least 4 members (excludes halogenated alkanes) is 9. The number of aryl methyl sites for hydroxylation is 2. The minimum Gasteiger partial charge on any atom is -0.450 e. The first-order valence-corrected chi connectivity index (χ1v) is 20.1. The van der Waals surface area contributed by atoms with Gasteiger partial charge in [0.1, 0.15) is 0 Å². The Morgan fingerprint density at radius 1 is 0.571 bits per heavy atom. The second-order valence-corrected chi connectivity index (χ2v) is 13.8. The predicted molar refractivity (Wildman–Crippen MR) is 215 cm³/mol. The minimum atomic E-state index is -0.428. The van der Waals surface area contributed by atoms with Gasteiger partial charge in [0, 0.05) is 49.7 Å². The Kier molecular flexibility index (Phi) is 24.5. The number of nitrogens with zero attached hydrogens (tertiary/aromatic N) is 2. The third-order valence-corrected chi connectivity index (χ3v) is 8.84. The molecule has 2 heterocycles. The van der Waals surface area contributed by atoms with E-state index in [1.54, 1.807) is 13.8 Å². The van der Waals surface area contributed by atoms with Crippen molar-refractivity contribution in [3.63, 3.8) is 0 Å². The van der Waals surface area contributed by atoms with Crippen LogP contribution in [0.3, 0.4) is 0 Å². The number of hydrogen-bond donors (Lipinski definition) is 8. The van der Waals surface area contributed by atoms with Gasteiger partial charge in [-0.25, -0.2) is 19.2 Å². The molecule has 0 fully saturated rings. The van der Waals surface area contributed by atoms with Crippen LogP contribution in [0.4, 0.5) is 31.1 Å². The average molecular weight is 789 g/mol. The summed E-state index contributed by atoms with van der Waals surface area (Å²) in [5.41, 5.74) is 0.384. The van der Waals surface area contributed by atoms with Gasteiger partial charge in [-0.15, -0.1) is 0 Å². The summed E-state index contributed by atoms with van der Waals surface area (Å²) in [5, 5.41) is 16.1. The molecule has 1 unspecified atom stereocenters. The van der Waals surface area contributed by atoms with Crippen LogP contribution in [-0.2, 0) is 9.47 Å². The molecule has 314 valence electrons. The number of urea groups is 2. The Hall–Kier alpha value is -5.16. The third-order valence-electron chi connectivity index (χ3n) is 8.84. The molecule has 0 aromatic carbocycles. The monoisotopic (exact) mass is 788 g/mol. The van der Waals surface area contributed by atoms with Gasteiger partial charge in [0.25, 0.3) is 11.1 Å². The molecule has 56 heavy (non-hydrogen) atoms. The summed E-state index contributed by atoms with van der Waals surface area (Å²) < 4.78 is 10.6. The van der Waals surface area contributed by atoms with Crippen LogP contribution >= 0.6 is 0 Å². The van der Waals surface area contributed by atoms with E-state index in [1.165, 1.54) is 12.1 Å². The van der Waals surface area contributed by atoms with Crippen molar-refractivity contribution >= 4 is 36.1 Å². The van der Waals surface area contributed by atoms with Crippen LogP contribution < -0.4 is 43.0 Å². The molecule has 0 bridgehead atoms. The zero-order valence-corrected chi connectivity index (χ0v) is 33.4. The smallest absolute Gasteiger partial charge is 0.407 e. The van der Waals surface area contributed by atoms with Crippen LogP contribution in [0.5, 0.6) is 0 Å². The lowest BCUT2D eigenvalue weighted by Crippen LogP contribution is -2.31. The van der Waals surface area contributed by atoms with Crippen LogP contribution in [0.1, 0.15) is 121 Å². The fraction of sp³-hybridized carbons (Fsp3) is 0.684. The largest absolute Gasteiger partial charge is 0.450 e. The molecule has 0 radical (unpaired) electrons. The van der Waals surface area contributed by atoms with Crippen LogP contribution in [-0.4, -0.2) is 83.6 Å². The second kappa shape index (κ2) is 29.2. The van der Waals surface area contributed by atoms with Gasteiger partial charge in [0.05, 0.1) is 13.2 Å². The lowest BCUT2D eigenvalue weighted by molar-refractivity contribution is 0.141. The highest BCUT2D eigenvalue weighted by molar-refractivity contribution is 5.87. The molecule has 8 N–H and O–H groups in total. The van der Waals surface area contributed by atoms with Gasteiger partial charge in [0.15, 0.2) is 0 Å². The Morgan fingerprint density at radius 2 is 0.946 bits per heavy atom. The molecule has 6 amide bonds. The lowest BCUT2D eigenvalue weighted by atomic mass is 9.93. The number of H-pyrrole nitrogens is 2. The van der Waals surface area contributed by atoms with Crippen LogP contribution in [0.25, 0.3) is 0 Å². The van der Waals surface area contributed by atoms with E-state index in [9.17, 15) is 28.8 Å². The van der Waals surface area contributed by atoms with E-state index in [2.05, 4.69) is 58.8 Å². The molecule has 1 atom stereocenters. The van der Waals surface area contributed by atoms with Crippen molar-refractivity contribution in [3.8, 4) is 0 Å². The van der Waals surface area contributed by atoms with Gasteiger partial charge in [-0.05, 0) is 64.7 Å². The average Bonchev–Trinajstić information content (AvgIpc) is 3.13. The number of anilines is 2. The molecule has 18 nitrogen and oxygen atoms in total. The first kappa shape index (κ1) is 47.0. The topological polar surface area (TPSA) is 250 Å². The number of nitrogens with one attached hydrogen (secondary N) is 8. The first-order chi connectivity index (χ1) is 27.0. The maximum Gasteiger partial charge on any atom is 0.407 e. The van der Waals surface area contributed by atoms with Crippen molar-refractivity contribution in [2.75, 3.05) is 50.0 Å². The number of rotatable bonds is 28. The number of carbonyl (C=O) groups excluding carboxylic acids is 4. The molecule has 0 aliphatic rings. The molecule has 2 rings (SSSR count). The number of aromatic amines is 2. The molecule has 0 saturated heterocycles. The molecular weight excluding hydrogens is 724 g/mol. The number of ether oxygens (including phenoxy) is 2. The third kappa shape index (κ3) is 24.3. The van der Waals surface area contributed by atoms with Gasteiger partial charge in [-0.1, -0.05) is 64.7 Å². The summed E-state index contributed by atoms with van der Waals surface area (Å²) in [5.74, 6) is 0.850. The summed E-state index contributed by atoms with van der Waals surface area (Å²) in [4.78, 5) is 83.6. The van der Waals surface area contributed by atoms with E-state index in [1.807, 2.05) is 0 Å². The number of amides is 6. The summed E-state index contributed by atoms with van der Waals surface area (Å²) in [7, 11) is 0. The Bertz CT molecular complexity index is 1570. The van der Waals surface area contributed by atoms with Gasteiger partial charge in [-0.2, -0.15) is 9.97 Å². The van der Waals surface area contributed by atoms with Gasteiger partial charge >= 0.3 is 24.2 Å². The highest BCUT2D eigenvalue weighted by Gasteiger charge is 2.09. The summed E-state index contributed by atoms with van der Waals surface area (Å²) >= 11 is 0. The number of alkyl carbamates (subject to hydrolysis) is 2. The van der Waals surface area contributed by atoms with Crippen molar-refractivity contribution in [1.82, 2.24) is 41.2 Å². The fourth-order valence-corrected chi connectivity index (χ4v) is 5.80. The first-order valence-electron chi connectivity index (χ1n) is 20.1. The van der Waals surface area contributed by atoms with Gasteiger partial charge < -0.3 is 40.7 Å². The Labute approximate surface area is 329 Å². The van der Waals surface area contributed by atoms with E-state index in [0.717, 1.165) is 103 Å². The van der Waals surface area contributed by atoms with Gasteiger partial charge in [-0.3, -0.25) is 20.2 Å². The van der Waals surface area contributed by atoms with Crippen molar-refractivity contribution in [1.29, 1.82) is 0 Å². The zero-order chi connectivity index (χ0) is 40.8. The minimum absolute atomic E-state index is 0.111. The highest BCUT2D eigenvalue weighted by atomic mass is 16.6. The predicted octanol–water partition coefficient (Wildman–Crippen LogP) is 5.74. The lowest BCUT2D eigenvalue weighted by Gasteiger charge is -2.14. The summed E-state index contributed by atoms with van der Waals surface area (Å²) in [6.07, 6.45) is 14.1. The van der Waals surface area contributed by atoms with E-state index >= 15 is 0 Å². The highest BCUT2D eigenvalue weighted by Crippen LogP contribution is 2.20. The maximum absolute atomic E-state index is 12.0. The molecule has 2 aromatic rings. The molecule has 0 aliphatic carbocycles. The molecule has 0 saturated carbocycles. The molecular formula is C38H64N10O8. The number of hydrogen-bond acceptors (Lipinski definition) is 10. The quantitative estimate of drug-likeness (QED) is 0.0485. The summed E-state index contributed by atoms with van der Waals surface area (Å²) in [6.45, 7) is 8.48. The van der Waals surface area contributed by atoms with Crippen molar-refractivity contribution in [3.05, 3.63) is 44.2 Å². The SMILES string of the molecule is CCC(CCCCCOC(=O)NCCCCCCNC(=O)Nc1nc(=O)cc(C)[nH]1)CCCCOC(=O)NCCCCCCNC(=O)Nc1nc(=O)cc(C)[nH]1. The standard InChI is InChI=1S/C38H64N10O8/c1-4-30(19-11-17-25-56-38(54)42-23-15-8-6-13-21-40-36(52)48-34-44-29(3)27-32(50)46-34)18-10-9-16-24-55-37(53)41-22-14-7-5-12-20-39-35(51)47-33-43-28(2)26-31(49)45-33/h26-27,30H,4-25H2,1-3H3,(H,41,53)(H,42,54)(H3,39,43,45,47,49,51)(H3,40,44,46,48,50,52).